The van der Waals surface area contributed by atoms with E-state index in [1.54, 1.807) is 0 Å². The molecule has 0 atom stereocenters. The summed E-state index contributed by atoms with van der Waals surface area (Å²) in [6.07, 6.45) is 0. The summed E-state index contributed by atoms with van der Waals surface area (Å²) in [5.74, 6) is 0. The van der Waals surface area contributed by atoms with Crippen LogP contribution in [0.3, 0.4) is 0 Å². The quantitative estimate of drug-likeness (QED) is 0.579. The van der Waals surface area contributed by atoms with Gasteiger partial charge in [0.1, 0.15) is 0 Å². The van der Waals surface area contributed by atoms with Crippen LogP contribution in [0.2, 0.25) is 0 Å². The molecule has 0 N–H and O–H groups in total. The predicted octanol–water partition coefficient (Wildman–Crippen LogP) is 0.0711. The second-order valence-corrected chi connectivity index (χ2v) is 0.250. The summed E-state index contributed by atoms with van der Waals surface area (Å²) in [5.41, 5.74) is 0. The number of hydrogen-bond donors (Lipinski definition) is 0. The molecule has 0 rings (SSSR count). The molecule has 0 fully saturated rings. The Balaban J connectivity index is 0. The molecule has 0 aliphatic carbocycles. The fourth-order valence-corrected chi connectivity index (χ4v) is 0. The third-order valence-electron chi connectivity index (χ3n) is 0. The SMILES string of the molecule is O=[Si]=O.[Cl][Er]. The second kappa shape index (κ2) is 18.3. The zero-order valence-electron chi connectivity index (χ0n) is 1.98. The fourth-order valence-electron chi connectivity index (χ4n) is 0. The molecular formula is ClErO2Si. The van der Waals surface area contributed by atoms with Crippen LogP contribution < -0.4 is 0 Å². The molecule has 0 aliphatic heterocycles. The van der Waals surface area contributed by atoms with Crippen LogP contribution in [-0.4, -0.2) is 9.29 Å². The Morgan fingerprint density at radius 3 is 1.40 bits per heavy atom. The Morgan fingerprint density at radius 2 is 1.40 bits per heavy atom. The summed E-state index contributed by atoms with van der Waals surface area (Å²) in [6, 6.07) is 0. The molecule has 35 valence electrons. The van der Waals surface area contributed by atoms with Crippen molar-refractivity contribution < 1.29 is 42.8 Å². The van der Waals surface area contributed by atoms with Crippen molar-refractivity contribution >= 4 is 15.8 Å². The van der Waals surface area contributed by atoms with Crippen molar-refractivity contribution in [3.8, 4) is 0 Å². The summed E-state index contributed by atoms with van der Waals surface area (Å²) >= 11 is 1.89. The molecule has 0 amide bonds. The number of rotatable bonds is 0. The Morgan fingerprint density at radius 1 is 1.40 bits per heavy atom. The molecular weight excluding hydrogens is 263 g/mol. The van der Waals surface area contributed by atoms with Crippen LogP contribution in [0.1, 0.15) is 0 Å². The third-order valence-corrected chi connectivity index (χ3v) is 0. The van der Waals surface area contributed by atoms with Crippen LogP contribution in [0, 0.1) is 33.9 Å². The molecule has 0 heterocycles. The van der Waals surface area contributed by atoms with Crippen LogP contribution in [0.5, 0.6) is 0 Å². The molecule has 0 aromatic carbocycles. The maximum absolute atomic E-state index is 8.40. The number of hydrogen-bond acceptors (Lipinski definition) is 2. The molecule has 0 bridgehead atoms. The van der Waals surface area contributed by atoms with E-state index in [1.165, 1.54) is 0 Å². The van der Waals surface area contributed by atoms with E-state index in [4.69, 9.17) is 8.92 Å². The molecule has 0 saturated heterocycles. The molecule has 0 aliphatic rings. The van der Waals surface area contributed by atoms with Gasteiger partial charge in [0.05, 0.1) is 0 Å². The van der Waals surface area contributed by atoms with Gasteiger partial charge in [0.25, 0.3) is 0 Å². The van der Waals surface area contributed by atoms with Crippen LogP contribution in [0.15, 0.2) is 0 Å². The fraction of sp³-hybridized carbons (Fsp3) is 0. The molecule has 5 heteroatoms. The molecule has 0 aromatic rings. The van der Waals surface area contributed by atoms with Gasteiger partial charge in [-0.05, 0) is 0 Å². The van der Waals surface area contributed by atoms with E-state index in [0.717, 1.165) is 0 Å². The normalized spacial score (nSPS) is 3.00. The van der Waals surface area contributed by atoms with Gasteiger partial charge in [-0.15, -0.1) is 0 Å². The maximum atomic E-state index is 8.40. The van der Waals surface area contributed by atoms with E-state index in [-0.39, 0.29) is 0 Å². The van der Waals surface area contributed by atoms with E-state index in [1.807, 2.05) is 33.9 Å². The van der Waals surface area contributed by atoms with Crippen molar-refractivity contribution in [2.24, 2.45) is 0 Å². The molecule has 0 radical (unpaired) electrons. The summed E-state index contributed by atoms with van der Waals surface area (Å²) < 4.78 is 16.8. The van der Waals surface area contributed by atoms with Crippen molar-refractivity contribution in [1.29, 1.82) is 0 Å². The first kappa shape index (κ1) is 9.61. The van der Waals surface area contributed by atoms with E-state index in [0.29, 0.717) is 0 Å². The van der Waals surface area contributed by atoms with E-state index in [2.05, 4.69) is 6.47 Å². The monoisotopic (exact) mass is 261 g/mol. The summed E-state index contributed by atoms with van der Waals surface area (Å²) in [4.78, 5) is 0. The Hall–Kier alpha value is 1.35. The van der Waals surface area contributed by atoms with Gasteiger partial charge in [-0.2, -0.15) is 0 Å². The van der Waals surface area contributed by atoms with Crippen molar-refractivity contribution in [3.05, 3.63) is 0 Å². The van der Waals surface area contributed by atoms with Crippen LogP contribution in [0.25, 0.3) is 0 Å². The first-order chi connectivity index (χ1) is 2.41. The van der Waals surface area contributed by atoms with Gasteiger partial charge in [-0.25, -0.2) is 0 Å². The molecule has 2 nitrogen and oxygen atoms in total. The standard InChI is InChI=1S/ClH.Er.O2Si/c;;1-3-2/h1H;;/q;+1;/p-1. The van der Waals surface area contributed by atoms with Gasteiger partial charge < -0.3 is 0 Å². The Kier molecular flexibility index (Phi) is 35.2. The minimum atomic E-state index is -1.42. The summed E-state index contributed by atoms with van der Waals surface area (Å²) in [6.45, 7) is 4.56. The minimum absolute atomic E-state index is 1.42. The average molecular weight is 263 g/mol. The van der Waals surface area contributed by atoms with E-state index in [9.17, 15) is 0 Å². The van der Waals surface area contributed by atoms with Crippen LogP contribution >= 0.6 is 6.47 Å². The van der Waals surface area contributed by atoms with Crippen LogP contribution in [0.4, 0.5) is 0 Å². The third kappa shape index (κ3) is 32.9. The van der Waals surface area contributed by atoms with Crippen LogP contribution in [-0.2, 0) is 8.92 Å². The topological polar surface area (TPSA) is 34.1 Å². The number of halogens is 1. The van der Waals surface area contributed by atoms with Crippen molar-refractivity contribution in [3.63, 3.8) is 0 Å². The second-order valence-electron chi connectivity index (χ2n) is 0.0833. The van der Waals surface area contributed by atoms with Crippen molar-refractivity contribution in [1.82, 2.24) is 0 Å². The average Bonchev–Trinajstić information content (AvgIpc) is 1.46. The van der Waals surface area contributed by atoms with Gasteiger partial charge in [0, 0.05) is 0 Å². The Labute approximate surface area is 57.9 Å². The van der Waals surface area contributed by atoms with Gasteiger partial charge in [0.2, 0.25) is 0 Å². The van der Waals surface area contributed by atoms with Crippen molar-refractivity contribution in [2.45, 2.75) is 0 Å². The summed E-state index contributed by atoms with van der Waals surface area (Å²) in [5, 5.41) is 0. The zero-order chi connectivity index (χ0) is 4.71. The van der Waals surface area contributed by atoms with Gasteiger partial charge >= 0.3 is 49.6 Å². The van der Waals surface area contributed by atoms with E-state index < -0.39 is 9.29 Å². The molecule has 5 heavy (non-hydrogen) atoms. The van der Waals surface area contributed by atoms with Gasteiger partial charge in [-0.3, -0.25) is 8.92 Å². The molecule has 0 unspecified atom stereocenters. The summed E-state index contributed by atoms with van der Waals surface area (Å²) in [7, 11) is -1.42. The predicted molar refractivity (Wildman–Crippen MR) is 13.0 cm³/mol. The zero-order valence-corrected chi connectivity index (χ0v) is 5.59. The molecule has 0 aromatic heterocycles. The first-order valence-corrected chi connectivity index (χ1v) is 3.65. The van der Waals surface area contributed by atoms with Gasteiger partial charge in [-0.1, -0.05) is 0 Å². The molecule has 0 saturated carbocycles. The van der Waals surface area contributed by atoms with Gasteiger partial charge in [0.15, 0.2) is 0 Å². The van der Waals surface area contributed by atoms with Crippen molar-refractivity contribution in [2.75, 3.05) is 0 Å². The first-order valence-electron chi connectivity index (χ1n) is 0.517. The Bertz CT molecular complexity index is 30.6. The molecule has 0 spiro atoms. The van der Waals surface area contributed by atoms with E-state index >= 15 is 0 Å².